The van der Waals surface area contributed by atoms with E-state index in [4.69, 9.17) is 21.4 Å². The van der Waals surface area contributed by atoms with Gasteiger partial charge in [-0.15, -0.1) is 11.3 Å². The van der Waals surface area contributed by atoms with Crippen LogP contribution in [0.5, 0.6) is 5.75 Å². The molecule has 0 spiro atoms. The number of ether oxygens (including phenoxy) is 1. The molecule has 0 aliphatic carbocycles. The van der Waals surface area contributed by atoms with Crippen LogP contribution in [0.1, 0.15) is 23.5 Å². The third kappa shape index (κ3) is 2.62. The van der Waals surface area contributed by atoms with Gasteiger partial charge in [0.05, 0.1) is 11.6 Å². The predicted octanol–water partition coefficient (Wildman–Crippen LogP) is 3.13. The van der Waals surface area contributed by atoms with E-state index in [0.29, 0.717) is 17.5 Å². The van der Waals surface area contributed by atoms with Gasteiger partial charge < -0.3 is 9.84 Å². The lowest BCUT2D eigenvalue weighted by Gasteiger charge is -2.08. The van der Waals surface area contributed by atoms with Crippen LogP contribution in [0, 0.1) is 5.92 Å². The molecule has 1 aromatic heterocycles. The topological polar surface area (TPSA) is 46.5 Å². The minimum atomic E-state index is -0.999. The van der Waals surface area contributed by atoms with Crippen LogP contribution in [0.25, 0.3) is 0 Å². The maximum atomic E-state index is 10.8. The van der Waals surface area contributed by atoms with E-state index in [1.54, 1.807) is 5.38 Å². The van der Waals surface area contributed by atoms with Gasteiger partial charge in [0.2, 0.25) is 0 Å². The van der Waals surface area contributed by atoms with Crippen LogP contribution in [0.4, 0.5) is 0 Å². The highest BCUT2D eigenvalue weighted by Gasteiger charge is 2.17. The molecule has 0 saturated heterocycles. The molecule has 5 heteroatoms. The fourth-order valence-corrected chi connectivity index (χ4v) is 1.90. The number of halogens is 1. The highest BCUT2D eigenvalue weighted by Crippen LogP contribution is 2.34. The molecule has 0 aromatic carbocycles. The largest absolute Gasteiger partial charge is 0.490 e. The minimum absolute atomic E-state index is 0.163. The van der Waals surface area contributed by atoms with Crippen molar-refractivity contribution < 1.29 is 14.6 Å². The van der Waals surface area contributed by atoms with Crippen molar-refractivity contribution in [2.75, 3.05) is 6.61 Å². The van der Waals surface area contributed by atoms with Crippen LogP contribution in [0.2, 0.25) is 5.02 Å². The molecule has 0 unspecified atom stereocenters. The molecule has 0 amide bonds. The standard InChI is InChI=1S/C9H11ClO3S/c1-5(2)3-13-7-6(10)4-14-8(7)9(11)12/h4-5H,3H2,1-2H3,(H,11,12). The predicted molar refractivity (Wildman–Crippen MR) is 56.6 cm³/mol. The molecule has 1 aromatic rings. The van der Waals surface area contributed by atoms with Crippen LogP contribution in [-0.2, 0) is 0 Å². The molecule has 1 N–H and O–H groups in total. The summed E-state index contributed by atoms with van der Waals surface area (Å²) in [7, 11) is 0. The molecule has 78 valence electrons. The third-order valence-corrected chi connectivity index (χ3v) is 2.82. The van der Waals surface area contributed by atoms with E-state index in [1.165, 1.54) is 0 Å². The summed E-state index contributed by atoms with van der Waals surface area (Å²) in [4.78, 5) is 10.9. The van der Waals surface area contributed by atoms with Gasteiger partial charge in [0.15, 0.2) is 10.6 Å². The SMILES string of the molecule is CC(C)COc1c(Cl)csc1C(=O)O. The normalized spacial score (nSPS) is 10.6. The highest BCUT2D eigenvalue weighted by molar-refractivity contribution is 7.13. The Morgan fingerprint density at radius 2 is 2.36 bits per heavy atom. The Bertz CT molecular complexity index is 333. The number of hydrogen-bond donors (Lipinski definition) is 1. The van der Waals surface area contributed by atoms with Crippen molar-refractivity contribution in [1.29, 1.82) is 0 Å². The molecular formula is C9H11ClO3S. The highest BCUT2D eigenvalue weighted by atomic mass is 35.5. The van der Waals surface area contributed by atoms with Gasteiger partial charge in [-0.2, -0.15) is 0 Å². The van der Waals surface area contributed by atoms with Crippen molar-refractivity contribution in [3.8, 4) is 5.75 Å². The quantitative estimate of drug-likeness (QED) is 0.871. The van der Waals surface area contributed by atoms with Crippen molar-refractivity contribution in [2.45, 2.75) is 13.8 Å². The number of carboxylic acids is 1. The minimum Gasteiger partial charge on any atom is -0.490 e. The van der Waals surface area contributed by atoms with Gasteiger partial charge in [0, 0.05) is 5.38 Å². The van der Waals surface area contributed by atoms with E-state index >= 15 is 0 Å². The van der Waals surface area contributed by atoms with Gasteiger partial charge in [-0.25, -0.2) is 4.79 Å². The van der Waals surface area contributed by atoms with Crippen LogP contribution >= 0.6 is 22.9 Å². The van der Waals surface area contributed by atoms with Crippen LogP contribution in [0.3, 0.4) is 0 Å². The average Bonchev–Trinajstić information content (AvgIpc) is 2.43. The van der Waals surface area contributed by atoms with Gasteiger partial charge in [-0.3, -0.25) is 0 Å². The van der Waals surface area contributed by atoms with Gasteiger partial charge >= 0.3 is 5.97 Å². The summed E-state index contributed by atoms with van der Waals surface area (Å²) < 4.78 is 5.33. The first-order valence-corrected chi connectivity index (χ1v) is 5.41. The molecule has 14 heavy (non-hydrogen) atoms. The molecule has 0 radical (unpaired) electrons. The van der Waals surface area contributed by atoms with E-state index in [9.17, 15) is 4.79 Å². The molecule has 0 atom stereocenters. The first kappa shape index (κ1) is 11.3. The van der Waals surface area contributed by atoms with Crippen molar-refractivity contribution in [3.63, 3.8) is 0 Å². The number of hydrogen-bond acceptors (Lipinski definition) is 3. The third-order valence-electron chi connectivity index (χ3n) is 1.46. The van der Waals surface area contributed by atoms with E-state index in [2.05, 4.69) is 0 Å². The number of rotatable bonds is 4. The lowest BCUT2D eigenvalue weighted by atomic mass is 10.2. The summed E-state index contributed by atoms with van der Waals surface area (Å²) in [5, 5.41) is 10.8. The Balaban J connectivity index is 2.83. The Morgan fingerprint density at radius 1 is 1.71 bits per heavy atom. The molecule has 3 nitrogen and oxygen atoms in total. The second-order valence-corrected chi connectivity index (χ2v) is 4.54. The zero-order valence-corrected chi connectivity index (χ0v) is 9.48. The summed E-state index contributed by atoms with van der Waals surface area (Å²) >= 11 is 6.87. The van der Waals surface area contributed by atoms with Gasteiger partial charge in [-0.05, 0) is 5.92 Å². The Hall–Kier alpha value is -0.740. The number of carboxylic acid groups (broad SMARTS) is 1. The second-order valence-electron chi connectivity index (χ2n) is 3.25. The molecule has 1 rings (SSSR count). The maximum Gasteiger partial charge on any atom is 0.349 e. The summed E-state index contributed by atoms with van der Waals surface area (Å²) in [6.45, 7) is 4.44. The van der Waals surface area contributed by atoms with Crippen molar-refractivity contribution in [1.82, 2.24) is 0 Å². The number of thiophene rings is 1. The fraction of sp³-hybridized carbons (Fsp3) is 0.444. The zero-order chi connectivity index (χ0) is 10.7. The second kappa shape index (κ2) is 4.66. The van der Waals surface area contributed by atoms with Crippen LogP contribution < -0.4 is 4.74 Å². The summed E-state index contributed by atoms with van der Waals surface area (Å²) in [6.07, 6.45) is 0. The van der Waals surface area contributed by atoms with Crippen molar-refractivity contribution >= 4 is 28.9 Å². The number of aromatic carboxylic acids is 1. The zero-order valence-electron chi connectivity index (χ0n) is 7.91. The maximum absolute atomic E-state index is 10.8. The lowest BCUT2D eigenvalue weighted by Crippen LogP contribution is -2.06. The van der Waals surface area contributed by atoms with Crippen LogP contribution in [0.15, 0.2) is 5.38 Å². The lowest BCUT2D eigenvalue weighted by molar-refractivity contribution is 0.0697. The molecule has 0 aliphatic rings. The first-order valence-electron chi connectivity index (χ1n) is 4.15. The summed E-state index contributed by atoms with van der Waals surface area (Å²) in [5.41, 5.74) is 0. The van der Waals surface area contributed by atoms with Gasteiger partial charge in [-0.1, -0.05) is 25.4 Å². The fourth-order valence-electron chi connectivity index (χ4n) is 0.858. The molecule has 0 fully saturated rings. The van der Waals surface area contributed by atoms with E-state index < -0.39 is 5.97 Å². The molecule has 0 aliphatic heterocycles. The number of carbonyl (C=O) groups is 1. The Labute approximate surface area is 91.3 Å². The molecule has 1 heterocycles. The van der Waals surface area contributed by atoms with Crippen LogP contribution in [-0.4, -0.2) is 17.7 Å². The monoisotopic (exact) mass is 234 g/mol. The Kier molecular flexibility index (Phi) is 3.77. The van der Waals surface area contributed by atoms with Crippen molar-refractivity contribution in [2.24, 2.45) is 5.92 Å². The first-order chi connectivity index (χ1) is 6.52. The van der Waals surface area contributed by atoms with Crippen molar-refractivity contribution in [3.05, 3.63) is 15.3 Å². The Morgan fingerprint density at radius 3 is 2.86 bits per heavy atom. The average molecular weight is 235 g/mol. The molecular weight excluding hydrogens is 224 g/mol. The smallest absolute Gasteiger partial charge is 0.349 e. The molecule has 0 saturated carbocycles. The van der Waals surface area contributed by atoms with Gasteiger partial charge in [0.1, 0.15) is 0 Å². The summed E-state index contributed by atoms with van der Waals surface area (Å²) in [5.74, 6) is -0.369. The van der Waals surface area contributed by atoms with Gasteiger partial charge in [0.25, 0.3) is 0 Å². The van der Waals surface area contributed by atoms with E-state index in [1.807, 2.05) is 13.8 Å². The van der Waals surface area contributed by atoms with E-state index in [-0.39, 0.29) is 10.6 Å². The summed E-state index contributed by atoms with van der Waals surface area (Å²) in [6, 6.07) is 0. The van der Waals surface area contributed by atoms with E-state index in [0.717, 1.165) is 11.3 Å². The molecule has 0 bridgehead atoms.